The van der Waals surface area contributed by atoms with Gasteiger partial charge in [-0.05, 0) is 145 Å². The van der Waals surface area contributed by atoms with Crippen molar-refractivity contribution in [2.24, 2.45) is 0 Å². The molecule has 4 aromatic rings. The molecule has 0 fully saturated rings. The maximum atomic E-state index is 12.9. The maximum Gasteiger partial charge on any atom is 0.331 e. The van der Waals surface area contributed by atoms with E-state index in [0.717, 1.165) is 29.5 Å². The monoisotopic (exact) mass is 699 g/mol. The van der Waals surface area contributed by atoms with E-state index in [1.807, 2.05) is 12.2 Å². The van der Waals surface area contributed by atoms with Crippen LogP contribution in [0.4, 0.5) is 0 Å². The van der Waals surface area contributed by atoms with Crippen molar-refractivity contribution in [2.75, 3.05) is 0 Å². The lowest BCUT2D eigenvalue weighted by Gasteiger charge is -2.27. The molecule has 0 unspecified atom stereocenters. The zero-order valence-corrected chi connectivity index (χ0v) is 33.5. The van der Waals surface area contributed by atoms with Gasteiger partial charge in [-0.25, -0.2) is 0 Å². The van der Waals surface area contributed by atoms with Crippen molar-refractivity contribution >= 4 is 15.7 Å². The van der Waals surface area contributed by atoms with Crippen LogP contribution in [-0.2, 0) is 33.8 Å². The van der Waals surface area contributed by atoms with E-state index in [9.17, 15) is 13.0 Å². The fourth-order valence-electron chi connectivity index (χ4n) is 7.90. The van der Waals surface area contributed by atoms with E-state index in [0.29, 0.717) is 5.57 Å². The van der Waals surface area contributed by atoms with Crippen LogP contribution >= 0.6 is 0 Å². The number of rotatable bonds is 7. The lowest BCUT2D eigenvalue weighted by molar-refractivity contribution is 0.487. The highest BCUT2D eigenvalue weighted by Gasteiger charge is 2.36. The van der Waals surface area contributed by atoms with Crippen LogP contribution in [-0.4, -0.2) is 13.0 Å². The Bertz CT molecular complexity index is 2030. The Labute approximate surface area is 308 Å². The molecule has 1 aliphatic carbocycles. The predicted molar refractivity (Wildman–Crippen MR) is 216 cm³/mol. The average Bonchev–Trinajstić information content (AvgIpc) is 3.00. The van der Waals surface area contributed by atoms with Crippen molar-refractivity contribution in [2.45, 2.75) is 107 Å². The van der Waals surface area contributed by atoms with Gasteiger partial charge in [-0.15, -0.1) is 0 Å². The lowest BCUT2D eigenvalue weighted by Crippen LogP contribution is -2.18. The number of hydrogen-bond donors (Lipinski definition) is 1. The normalized spacial score (nSPS) is 13.7. The van der Waals surface area contributed by atoms with Crippen LogP contribution in [0.3, 0.4) is 0 Å². The molecular weight excluding hydrogens is 645 g/mol. The third kappa shape index (κ3) is 8.35. The Kier molecular flexibility index (Phi) is 10.6. The molecule has 0 atom stereocenters. The molecule has 4 heteroatoms. The van der Waals surface area contributed by atoms with Crippen LogP contribution in [0.1, 0.15) is 119 Å². The number of allylic oxidation sites excluding steroid dienone is 3. The number of aryl methyl sites for hydroxylation is 6. The minimum absolute atomic E-state index is 0.0976. The molecule has 0 heterocycles. The SMILES string of the molecule is Cc1cc(C)c(Cc2ccc(C(=C3C=CC=C[C+]3S(=O)(=O)O)c3ccc(Cc4c(C)cc(C)cc4C)c(C(C)(C)C)c3)cc2C(C)(C)C)c(C)c1. The van der Waals surface area contributed by atoms with Crippen molar-refractivity contribution in [3.63, 3.8) is 0 Å². The summed E-state index contributed by atoms with van der Waals surface area (Å²) >= 11 is 0. The first-order valence-corrected chi connectivity index (χ1v) is 19.4. The quantitative estimate of drug-likeness (QED) is 0.154. The summed E-state index contributed by atoms with van der Waals surface area (Å²) in [7, 11) is -4.52. The first-order chi connectivity index (χ1) is 23.6. The van der Waals surface area contributed by atoms with Gasteiger partial charge < -0.3 is 0 Å². The minimum atomic E-state index is -4.52. The predicted octanol–water partition coefficient (Wildman–Crippen LogP) is 11.7. The molecule has 0 bridgehead atoms. The second-order valence-corrected chi connectivity index (χ2v) is 18.1. The summed E-state index contributed by atoms with van der Waals surface area (Å²) in [5.74, 6) is 0. The van der Waals surface area contributed by atoms with Gasteiger partial charge in [-0.1, -0.05) is 89.1 Å². The fraction of sp³-hybridized carbons (Fsp3) is 0.340. The second kappa shape index (κ2) is 14.1. The summed E-state index contributed by atoms with van der Waals surface area (Å²) in [5.41, 5.74) is 18.0. The van der Waals surface area contributed by atoms with Crippen LogP contribution in [0.15, 0.2) is 90.5 Å². The van der Waals surface area contributed by atoms with Gasteiger partial charge in [0.2, 0.25) is 0 Å². The molecule has 5 rings (SSSR count). The molecule has 0 spiro atoms. The average molecular weight is 700 g/mol. The Morgan fingerprint density at radius 1 is 0.608 bits per heavy atom. The summed E-state index contributed by atoms with van der Waals surface area (Å²) in [5, 5.41) is -0.0976. The molecule has 51 heavy (non-hydrogen) atoms. The number of benzene rings is 4. The van der Waals surface area contributed by atoms with Crippen molar-refractivity contribution < 1.29 is 13.0 Å². The molecule has 0 saturated heterocycles. The Balaban J connectivity index is 1.76. The second-order valence-electron chi connectivity index (χ2n) is 16.7. The Morgan fingerprint density at radius 3 is 1.35 bits per heavy atom. The van der Waals surface area contributed by atoms with Gasteiger partial charge in [0.25, 0.3) is 0 Å². The summed E-state index contributed by atoms with van der Waals surface area (Å²) in [6, 6.07) is 22.2. The van der Waals surface area contributed by atoms with Gasteiger partial charge in [0.1, 0.15) is 5.57 Å². The van der Waals surface area contributed by atoms with Crippen molar-refractivity contribution in [1.82, 2.24) is 0 Å². The molecular formula is C47H55O3S+. The highest BCUT2D eigenvalue weighted by molar-refractivity contribution is 7.89. The Morgan fingerprint density at radius 2 is 1.00 bits per heavy atom. The van der Waals surface area contributed by atoms with Gasteiger partial charge in [0, 0.05) is 35.4 Å². The van der Waals surface area contributed by atoms with E-state index in [1.165, 1.54) is 72.8 Å². The number of hydrogen-bond acceptors (Lipinski definition) is 2. The standard InChI is InChI=1S/C47H54O3S/c1-29-21-31(3)40(32(4)22-29)25-35-17-19-37(27-42(35)46(7,8)9)45(39-15-13-14-16-44(39)51(48,49)50)38-20-18-36(43(28-38)47(10,11)12)26-41-33(5)23-30(2)24-34(41)6/h13-24,27-28H,25-26H2,1-12H3/p+1. The van der Waals surface area contributed by atoms with Gasteiger partial charge in [-0.3, -0.25) is 4.55 Å². The van der Waals surface area contributed by atoms with E-state index >= 15 is 0 Å². The molecule has 0 aliphatic heterocycles. The zero-order chi connectivity index (χ0) is 37.6. The van der Waals surface area contributed by atoms with E-state index < -0.39 is 10.1 Å². The van der Waals surface area contributed by atoms with Crippen molar-refractivity contribution in [3.8, 4) is 0 Å². The summed E-state index contributed by atoms with van der Waals surface area (Å²) < 4.78 is 36.3. The Hall–Kier alpha value is -4.12. The van der Waals surface area contributed by atoms with Crippen molar-refractivity contribution in [1.29, 1.82) is 0 Å². The van der Waals surface area contributed by atoms with Crippen LogP contribution in [0, 0.1) is 46.8 Å². The smallest absolute Gasteiger partial charge is 0.274 e. The molecule has 3 nitrogen and oxygen atoms in total. The topological polar surface area (TPSA) is 54.4 Å². The first kappa shape index (κ1) is 38.1. The highest BCUT2D eigenvalue weighted by Crippen LogP contribution is 2.41. The first-order valence-electron chi connectivity index (χ1n) is 18.0. The third-order valence-corrected chi connectivity index (χ3v) is 11.2. The molecule has 266 valence electrons. The van der Waals surface area contributed by atoms with Crippen LogP contribution in [0.5, 0.6) is 0 Å². The maximum absolute atomic E-state index is 12.9. The summed E-state index contributed by atoms with van der Waals surface area (Å²) in [6.07, 6.45) is 8.43. The molecule has 0 radical (unpaired) electrons. The molecule has 1 N–H and O–H groups in total. The fourth-order valence-corrected chi connectivity index (χ4v) is 8.60. The van der Waals surface area contributed by atoms with E-state index in [2.05, 4.69) is 144 Å². The van der Waals surface area contributed by atoms with Gasteiger partial charge in [0.15, 0.2) is 5.25 Å². The summed E-state index contributed by atoms with van der Waals surface area (Å²) in [6.45, 7) is 26.5. The van der Waals surface area contributed by atoms with Gasteiger partial charge in [-0.2, -0.15) is 8.42 Å². The molecule has 0 aromatic heterocycles. The lowest BCUT2D eigenvalue weighted by atomic mass is 9.77. The van der Waals surface area contributed by atoms with E-state index in [1.54, 1.807) is 6.08 Å². The van der Waals surface area contributed by atoms with E-state index in [4.69, 9.17) is 0 Å². The minimum Gasteiger partial charge on any atom is -0.274 e. The van der Waals surface area contributed by atoms with Crippen LogP contribution in [0.2, 0.25) is 0 Å². The third-order valence-electron chi connectivity index (χ3n) is 10.3. The van der Waals surface area contributed by atoms with Crippen LogP contribution in [0.25, 0.3) is 5.57 Å². The van der Waals surface area contributed by atoms with Gasteiger partial charge in [0.05, 0.1) is 5.57 Å². The highest BCUT2D eigenvalue weighted by atomic mass is 32.2. The van der Waals surface area contributed by atoms with Crippen LogP contribution < -0.4 is 0 Å². The molecule has 0 saturated carbocycles. The largest absolute Gasteiger partial charge is 0.331 e. The molecule has 1 aliphatic rings. The van der Waals surface area contributed by atoms with Gasteiger partial charge >= 0.3 is 10.1 Å². The zero-order valence-electron chi connectivity index (χ0n) is 32.7. The molecule has 4 aromatic carbocycles. The van der Waals surface area contributed by atoms with E-state index in [-0.39, 0.29) is 16.1 Å². The van der Waals surface area contributed by atoms with Crippen molar-refractivity contribution in [3.05, 3.63) is 174 Å². The molecule has 0 amide bonds. The summed E-state index contributed by atoms with van der Waals surface area (Å²) in [4.78, 5) is 0.